The van der Waals surface area contributed by atoms with Gasteiger partial charge in [0.2, 0.25) is 0 Å². The van der Waals surface area contributed by atoms with Gasteiger partial charge >= 0.3 is 0 Å². The van der Waals surface area contributed by atoms with Crippen LogP contribution in [0.15, 0.2) is 0 Å². The van der Waals surface area contributed by atoms with Crippen LogP contribution in [0.4, 0.5) is 0 Å². The van der Waals surface area contributed by atoms with Gasteiger partial charge in [-0.15, -0.1) is 0 Å². The van der Waals surface area contributed by atoms with Gasteiger partial charge in [0.1, 0.15) is 0 Å². The Morgan fingerprint density at radius 3 is 2.85 bits per heavy atom. The fourth-order valence-electron chi connectivity index (χ4n) is 1.83. The Hall–Kier alpha value is -0.410. The Labute approximate surface area is 78.6 Å². The number of ketones is 1. The second-order valence-corrected chi connectivity index (χ2v) is 4.25. The highest BCUT2D eigenvalue weighted by Gasteiger charge is 2.44. The van der Waals surface area contributed by atoms with Crippen LogP contribution in [-0.4, -0.2) is 24.0 Å². The first kappa shape index (κ1) is 9.16. The molecule has 0 spiro atoms. The summed E-state index contributed by atoms with van der Waals surface area (Å²) in [5, 5.41) is 0. The summed E-state index contributed by atoms with van der Waals surface area (Å²) >= 11 is 0. The lowest BCUT2D eigenvalue weighted by Crippen LogP contribution is -2.33. The molecule has 1 aliphatic heterocycles. The number of rotatable bonds is 4. The van der Waals surface area contributed by atoms with Crippen molar-refractivity contribution in [2.24, 2.45) is 5.73 Å². The molecule has 13 heavy (non-hydrogen) atoms. The predicted octanol–water partition coefficient (Wildman–Crippen LogP) is 1.01. The van der Waals surface area contributed by atoms with Crippen LogP contribution in [0.1, 0.15) is 38.5 Å². The molecule has 2 rings (SSSR count). The lowest BCUT2D eigenvalue weighted by molar-refractivity contribution is -0.121. The molecule has 0 aromatic carbocycles. The molecule has 1 aliphatic carbocycles. The molecule has 3 heteroatoms. The monoisotopic (exact) mass is 183 g/mol. The first-order chi connectivity index (χ1) is 6.21. The van der Waals surface area contributed by atoms with E-state index in [1.807, 2.05) is 0 Å². The van der Waals surface area contributed by atoms with E-state index < -0.39 is 5.54 Å². The standard InChI is InChI=1S/C10H17NO2/c11-10(5-6-10)9(12)4-3-8-2-1-7-13-8/h8H,1-7,11H2. The van der Waals surface area contributed by atoms with Gasteiger partial charge in [0.15, 0.2) is 5.78 Å². The Kier molecular flexibility index (Phi) is 2.39. The molecule has 2 aliphatic rings. The van der Waals surface area contributed by atoms with Crippen molar-refractivity contribution in [1.29, 1.82) is 0 Å². The van der Waals surface area contributed by atoms with Crippen molar-refractivity contribution < 1.29 is 9.53 Å². The van der Waals surface area contributed by atoms with Crippen LogP contribution in [-0.2, 0) is 9.53 Å². The molecule has 0 bridgehead atoms. The molecule has 1 atom stereocenters. The summed E-state index contributed by atoms with van der Waals surface area (Å²) in [6, 6.07) is 0. The van der Waals surface area contributed by atoms with Gasteiger partial charge < -0.3 is 10.5 Å². The van der Waals surface area contributed by atoms with Gasteiger partial charge in [-0.25, -0.2) is 0 Å². The van der Waals surface area contributed by atoms with E-state index in [-0.39, 0.29) is 5.78 Å². The van der Waals surface area contributed by atoms with Crippen LogP contribution >= 0.6 is 0 Å². The van der Waals surface area contributed by atoms with Crippen LogP contribution in [0.25, 0.3) is 0 Å². The Morgan fingerprint density at radius 1 is 1.54 bits per heavy atom. The summed E-state index contributed by atoms with van der Waals surface area (Å²) in [5.74, 6) is 0.239. The number of ether oxygens (including phenoxy) is 1. The zero-order valence-corrected chi connectivity index (χ0v) is 7.92. The average Bonchev–Trinajstić information content (AvgIpc) is 2.70. The third kappa shape index (κ3) is 2.09. The number of hydrogen-bond donors (Lipinski definition) is 1. The second-order valence-electron chi connectivity index (χ2n) is 4.25. The molecule has 74 valence electrons. The number of carbonyl (C=O) groups excluding carboxylic acids is 1. The molecule has 2 fully saturated rings. The van der Waals surface area contributed by atoms with Crippen LogP contribution in [0, 0.1) is 0 Å². The van der Waals surface area contributed by atoms with Gasteiger partial charge in [0.25, 0.3) is 0 Å². The molecule has 0 amide bonds. The van der Waals surface area contributed by atoms with Crippen LogP contribution in [0.5, 0.6) is 0 Å². The lowest BCUT2D eigenvalue weighted by atomic mass is 10.0. The molecular formula is C10H17NO2. The molecule has 1 saturated heterocycles. The van der Waals surface area contributed by atoms with E-state index in [0.29, 0.717) is 12.5 Å². The molecule has 0 aromatic heterocycles. The van der Waals surface area contributed by atoms with Crippen molar-refractivity contribution >= 4 is 5.78 Å². The highest BCUT2D eigenvalue weighted by Crippen LogP contribution is 2.34. The van der Waals surface area contributed by atoms with Crippen molar-refractivity contribution in [3.8, 4) is 0 Å². The largest absolute Gasteiger partial charge is 0.378 e. The van der Waals surface area contributed by atoms with Crippen molar-refractivity contribution in [3.63, 3.8) is 0 Å². The maximum atomic E-state index is 11.5. The summed E-state index contributed by atoms with van der Waals surface area (Å²) in [7, 11) is 0. The number of hydrogen-bond acceptors (Lipinski definition) is 3. The van der Waals surface area contributed by atoms with E-state index in [4.69, 9.17) is 10.5 Å². The zero-order valence-electron chi connectivity index (χ0n) is 7.92. The Morgan fingerprint density at radius 2 is 2.31 bits per heavy atom. The van der Waals surface area contributed by atoms with Gasteiger partial charge in [-0.3, -0.25) is 4.79 Å². The second kappa shape index (κ2) is 3.39. The van der Waals surface area contributed by atoms with E-state index >= 15 is 0 Å². The number of nitrogens with two attached hydrogens (primary N) is 1. The van der Waals surface area contributed by atoms with Gasteiger partial charge in [-0.2, -0.15) is 0 Å². The lowest BCUT2D eigenvalue weighted by Gasteiger charge is -2.10. The summed E-state index contributed by atoms with van der Waals surface area (Å²) < 4.78 is 5.44. The average molecular weight is 183 g/mol. The van der Waals surface area contributed by atoms with Crippen LogP contribution < -0.4 is 5.73 Å². The maximum absolute atomic E-state index is 11.5. The van der Waals surface area contributed by atoms with E-state index in [9.17, 15) is 4.79 Å². The maximum Gasteiger partial charge on any atom is 0.152 e. The van der Waals surface area contributed by atoms with Crippen molar-refractivity contribution in [3.05, 3.63) is 0 Å². The van der Waals surface area contributed by atoms with Crippen LogP contribution in [0.2, 0.25) is 0 Å². The summed E-state index contributed by atoms with van der Waals surface area (Å²) in [4.78, 5) is 11.5. The quantitative estimate of drug-likeness (QED) is 0.707. The van der Waals surface area contributed by atoms with Gasteiger partial charge in [0, 0.05) is 13.0 Å². The van der Waals surface area contributed by atoms with Gasteiger partial charge in [-0.1, -0.05) is 0 Å². The molecular weight excluding hydrogens is 166 g/mol. The molecule has 1 unspecified atom stereocenters. The smallest absolute Gasteiger partial charge is 0.152 e. The van der Waals surface area contributed by atoms with E-state index in [1.165, 1.54) is 0 Å². The van der Waals surface area contributed by atoms with Crippen LogP contribution in [0.3, 0.4) is 0 Å². The van der Waals surface area contributed by atoms with Crippen molar-refractivity contribution in [2.45, 2.75) is 50.2 Å². The minimum atomic E-state index is -0.432. The molecule has 1 heterocycles. The molecule has 0 radical (unpaired) electrons. The Bertz CT molecular complexity index is 205. The summed E-state index contributed by atoms with van der Waals surface area (Å²) in [6.07, 6.45) is 5.84. The third-order valence-electron chi connectivity index (χ3n) is 3.06. The summed E-state index contributed by atoms with van der Waals surface area (Å²) in [5.41, 5.74) is 5.35. The SMILES string of the molecule is NC1(C(=O)CCC2CCCO2)CC1. The van der Waals surface area contributed by atoms with E-state index in [1.54, 1.807) is 0 Å². The predicted molar refractivity (Wildman–Crippen MR) is 49.4 cm³/mol. The molecule has 1 saturated carbocycles. The molecule has 2 N–H and O–H groups in total. The minimum Gasteiger partial charge on any atom is -0.378 e. The fourth-order valence-corrected chi connectivity index (χ4v) is 1.83. The van der Waals surface area contributed by atoms with Crippen molar-refractivity contribution in [2.75, 3.05) is 6.61 Å². The van der Waals surface area contributed by atoms with Gasteiger partial charge in [0.05, 0.1) is 11.6 Å². The molecule has 0 aromatic rings. The Balaban J connectivity index is 1.69. The summed E-state index contributed by atoms with van der Waals surface area (Å²) in [6.45, 7) is 0.868. The van der Waals surface area contributed by atoms with E-state index in [2.05, 4.69) is 0 Å². The first-order valence-electron chi connectivity index (χ1n) is 5.14. The third-order valence-corrected chi connectivity index (χ3v) is 3.06. The highest BCUT2D eigenvalue weighted by atomic mass is 16.5. The fraction of sp³-hybridized carbons (Fsp3) is 0.900. The molecule has 3 nitrogen and oxygen atoms in total. The minimum absolute atomic E-state index is 0.239. The highest BCUT2D eigenvalue weighted by molar-refractivity contribution is 5.90. The first-order valence-corrected chi connectivity index (χ1v) is 5.14. The topological polar surface area (TPSA) is 52.3 Å². The van der Waals surface area contributed by atoms with E-state index in [0.717, 1.165) is 38.7 Å². The van der Waals surface area contributed by atoms with Gasteiger partial charge in [-0.05, 0) is 32.1 Å². The number of Topliss-reactive ketones (excluding diaryl/α,β-unsaturated/α-hetero) is 1. The van der Waals surface area contributed by atoms with Crippen molar-refractivity contribution in [1.82, 2.24) is 0 Å². The zero-order chi connectivity index (χ0) is 9.31. The normalized spacial score (nSPS) is 30.4. The number of carbonyl (C=O) groups is 1.